The van der Waals surface area contributed by atoms with Crippen LogP contribution in [-0.4, -0.2) is 36.7 Å². The van der Waals surface area contributed by atoms with Gasteiger partial charge in [-0.05, 0) is 44.0 Å². The molecule has 2 atom stereocenters. The van der Waals surface area contributed by atoms with Gasteiger partial charge in [-0.2, -0.15) is 0 Å². The van der Waals surface area contributed by atoms with Gasteiger partial charge in [0.15, 0.2) is 0 Å². The number of carbonyl (C=O) groups excluding carboxylic acids is 1. The Morgan fingerprint density at radius 2 is 2.00 bits per heavy atom. The topological polar surface area (TPSA) is 55.8 Å². The number of nitrogens with zero attached hydrogens (tertiary/aromatic N) is 1. The third-order valence-corrected chi connectivity index (χ3v) is 6.40. The van der Waals surface area contributed by atoms with Crippen LogP contribution in [0.4, 0.5) is 0 Å². The molecule has 0 amide bonds. The second-order valence-corrected chi connectivity index (χ2v) is 9.42. The number of ether oxygens (including phenoxy) is 1. The van der Waals surface area contributed by atoms with Crippen molar-refractivity contribution >= 4 is 35.7 Å². The average Bonchev–Trinajstić information content (AvgIpc) is 2.61. The predicted octanol–water partition coefficient (Wildman–Crippen LogP) is 5.27. The summed E-state index contributed by atoms with van der Waals surface area (Å²) < 4.78 is 24.5. The number of rotatable bonds is 12. The van der Waals surface area contributed by atoms with Crippen molar-refractivity contribution in [2.45, 2.75) is 26.2 Å². The molecule has 0 saturated carbocycles. The third-order valence-electron chi connectivity index (χ3n) is 3.70. The highest BCUT2D eigenvalue weighted by atomic mass is 35.7. The van der Waals surface area contributed by atoms with Gasteiger partial charge in [-0.25, -0.2) is 9.24 Å². The molecular formula is C18H26Cl2NO4P. The Balaban J connectivity index is 2.59. The van der Waals surface area contributed by atoms with Crippen molar-refractivity contribution in [3.63, 3.8) is 0 Å². The van der Waals surface area contributed by atoms with E-state index in [1.165, 1.54) is 10.7 Å². The van der Waals surface area contributed by atoms with Crippen molar-refractivity contribution in [3.05, 3.63) is 42.5 Å². The lowest BCUT2D eigenvalue weighted by molar-refractivity contribution is -0.146. The second kappa shape index (κ2) is 11.7. The highest BCUT2D eigenvalue weighted by Crippen LogP contribution is 2.54. The van der Waals surface area contributed by atoms with Crippen LogP contribution >= 0.6 is 29.7 Å². The van der Waals surface area contributed by atoms with E-state index in [0.29, 0.717) is 24.6 Å². The van der Waals surface area contributed by atoms with E-state index >= 15 is 0 Å². The smallest absolute Gasteiger partial charge is 0.411 e. The Kier molecular flexibility index (Phi) is 10.3. The molecule has 5 nitrogen and oxygen atoms in total. The monoisotopic (exact) mass is 421 g/mol. The molecule has 0 bridgehead atoms. The van der Waals surface area contributed by atoms with E-state index in [2.05, 4.69) is 6.58 Å². The summed E-state index contributed by atoms with van der Waals surface area (Å²) in [7, 11) is 1.66. The molecule has 1 rings (SSSR count). The van der Waals surface area contributed by atoms with Gasteiger partial charge in [0.2, 0.25) is 0 Å². The number of unbranched alkanes of at least 4 members (excludes halogenated alkanes) is 1. The van der Waals surface area contributed by atoms with Gasteiger partial charge >= 0.3 is 12.8 Å². The zero-order valence-electron chi connectivity index (χ0n) is 15.2. The van der Waals surface area contributed by atoms with Crippen LogP contribution in [0.15, 0.2) is 36.9 Å². The highest BCUT2D eigenvalue weighted by Gasteiger charge is 2.27. The summed E-state index contributed by atoms with van der Waals surface area (Å²) in [4.78, 5) is 11.8. The number of carbonyl (C=O) groups is 1. The summed E-state index contributed by atoms with van der Waals surface area (Å²) in [6.45, 7) is 2.63. The summed E-state index contributed by atoms with van der Waals surface area (Å²) in [5.74, 6) is 0.434. The van der Waals surface area contributed by atoms with Crippen molar-refractivity contribution in [1.29, 1.82) is 0 Å². The van der Waals surface area contributed by atoms with Crippen LogP contribution in [0.5, 0.6) is 5.75 Å². The molecule has 1 aromatic rings. The minimum atomic E-state index is -3.44. The van der Waals surface area contributed by atoms with E-state index < -0.39 is 6.87 Å². The van der Waals surface area contributed by atoms with E-state index in [1.807, 2.05) is 12.1 Å². The van der Waals surface area contributed by atoms with Crippen molar-refractivity contribution in [1.82, 2.24) is 4.67 Å². The van der Waals surface area contributed by atoms with E-state index in [1.54, 1.807) is 26.1 Å². The van der Waals surface area contributed by atoms with E-state index in [0.717, 1.165) is 18.4 Å². The Morgan fingerprint density at radius 3 is 2.58 bits per heavy atom. The molecule has 0 fully saturated rings. The van der Waals surface area contributed by atoms with Gasteiger partial charge in [-0.1, -0.05) is 31.7 Å². The predicted molar refractivity (Wildman–Crippen MR) is 107 cm³/mol. The van der Waals surface area contributed by atoms with E-state index in [-0.39, 0.29) is 18.5 Å². The van der Waals surface area contributed by atoms with Gasteiger partial charge in [-0.15, -0.1) is 11.6 Å². The van der Waals surface area contributed by atoms with Crippen LogP contribution in [0.2, 0.25) is 0 Å². The zero-order valence-corrected chi connectivity index (χ0v) is 17.6. The van der Waals surface area contributed by atoms with Gasteiger partial charge in [0.25, 0.3) is 0 Å². The standard InChI is InChI=1S/C18H26Cl2NO4P/c1-4-13-24-18(22)15(2)14-16-7-9-17(10-8-16)25-26(20,23)21(3)12-6-5-11-19/h4,7-10,15H,1,5-6,11-14H2,2-3H3/t15-,26?/m0/s1. The summed E-state index contributed by atoms with van der Waals surface area (Å²) in [6.07, 6.45) is 3.69. The minimum Gasteiger partial charge on any atom is -0.461 e. The molecular weight excluding hydrogens is 396 g/mol. The van der Waals surface area contributed by atoms with Gasteiger partial charge < -0.3 is 9.26 Å². The first-order chi connectivity index (χ1) is 12.3. The van der Waals surface area contributed by atoms with Crippen LogP contribution in [0.25, 0.3) is 0 Å². The van der Waals surface area contributed by atoms with Gasteiger partial charge in [0.05, 0.1) is 5.92 Å². The quantitative estimate of drug-likeness (QED) is 0.151. The van der Waals surface area contributed by atoms with Crippen molar-refractivity contribution < 1.29 is 18.6 Å². The molecule has 8 heteroatoms. The molecule has 0 aliphatic rings. The maximum Gasteiger partial charge on any atom is 0.411 e. The van der Waals surface area contributed by atoms with Crippen LogP contribution < -0.4 is 4.52 Å². The normalized spacial score (nSPS) is 14.5. The van der Waals surface area contributed by atoms with Gasteiger partial charge in [-0.3, -0.25) is 4.79 Å². The lowest BCUT2D eigenvalue weighted by Crippen LogP contribution is -2.17. The van der Waals surface area contributed by atoms with Gasteiger partial charge in [0, 0.05) is 23.7 Å². The van der Waals surface area contributed by atoms with E-state index in [4.69, 9.17) is 32.1 Å². The molecule has 0 N–H and O–H groups in total. The molecule has 1 unspecified atom stereocenters. The Hall–Kier alpha value is -1.00. The number of benzene rings is 1. The molecule has 0 radical (unpaired) electrons. The van der Waals surface area contributed by atoms with Crippen LogP contribution in [-0.2, 0) is 20.5 Å². The number of esters is 1. The maximum atomic E-state index is 12.5. The van der Waals surface area contributed by atoms with E-state index in [9.17, 15) is 9.36 Å². The molecule has 0 spiro atoms. The first kappa shape index (κ1) is 23.0. The van der Waals surface area contributed by atoms with Crippen LogP contribution in [0.1, 0.15) is 25.3 Å². The molecule has 0 aliphatic heterocycles. The number of hydrogen-bond donors (Lipinski definition) is 0. The Bertz CT molecular complexity index is 624. The average molecular weight is 422 g/mol. The first-order valence-electron chi connectivity index (χ1n) is 8.43. The van der Waals surface area contributed by atoms with Gasteiger partial charge in [0.1, 0.15) is 12.4 Å². The molecule has 0 saturated heterocycles. The second-order valence-electron chi connectivity index (χ2n) is 5.99. The lowest BCUT2D eigenvalue weighted by atomic mass is 10.0. The molecule has 0 aromatic heterocycles. The minimum absolute atomic E-state index is 0.208. The molecule has 0 heterocycles. The highest BCUT2D eigenvalue weighted by molar-refractivity contribution is 7.83. The SMILES string of the molecule is C=CCOC(=O)[C@@H](C)Cc1ccc(OP(=O)(Cl)N(C)CCCCCl)cc1. The third kappa shape index (κ3) is 8.13. The number of halogens is 2. The Labute approximate surface area is 165 Å². The van der Waals surface area contributed by atoms with Crippen LogP contribution in [0.3, 0.4) is 0 Å². The zero-order chi connectivity index (χ0) is 19.6. The number of alkyl halides is 1. The first-order valence-corrected chi connectivity index (χ1v) is 11.4. The fourth-order valence-electron chi connectivity index (χ4n) is 2.16. The Morgan fingerprint density at radius 1 is 1.35 bits per heavy atom. The van der Waals surface area contributed by atoms with Crippen molar-refractivity contribution in [2.75, 3.05) is 26.1 Å². The largest absolute Gasteiger partial charge is 0.461 e. The van der Waals surface area contributed by atoms with Crippen molar-refractivity contribution in [2.24, 2.45) is 5.92 Å². The summed E-state index contributed by atoms with van der Waals surface area (Å²) >= 11 is 11.7. The lowest BCUT2D eigenvalue weighted by Gasteiger charge is -2.22. The fraction of sp³-hybridized carbons (Fsp3) is 0.500. The molecule has 146 valence electrons. The summed E-state index contributed by atoms with van der Waals surface area (Å²) in [5, 5.41) is 0. The molecule has 1 aromatic carbocycles. The van der Waals surface area contributed by atoms with Crippen molar-refractivity contribution in [3.8, 4) is 5.75 Å². The summed E-state index contributed by atoms with van der Waals surface area (Å²) in [6, 6.07) is 7.02. The summed E-state index contributed by atoms with van der Waals surface area (Å²) in [5.41, 5.74) is 0.945. The maximum absolute atomic E-state index is 12.5. The fourth-order valence-corrected chi connectivity index (χ4v) is 3.72. The number of hydrogen-bond acceptors (Lipinski definition) is 4. The molecule has 0 aliphatic carbocycles. The molecule has 26 heavy (non-hydrogen) atoms. The van der Waals surface area contributed by atoms with Crippen LogP contribution in [0, 0.1) is 5.92 Å².